The summed E-state index contributed by atoms with van der Waals surface area (Å²) in [5.41, 5.74) is 4.82. The lowest BCUT2D eigenvalue weighted by atomic mass is 9.59. The van der Waals surface area contributed by atoms with Gasteiger partial charge in [-0.25, -0.2) is 4.79 Å². The molecule has 1 aromatic heterocycles. The number of Topliss-reactive ketones (excluding diaryl/α,β-unsaturated/α-hetero) is 1. The number of fused-ring (bicyclic) bond motifs is 3. The second-order valence-electron chi connectivity index (χ2n) is 13.9. The number of carbonyl (C=O) groups excluding carboxylic acids is 2. The first kappa shape index (κ1) is 32.5. The highest BCUT2D eigenvalue weighted by Crippen LogP contribution is 2.56. The maximum absolute atomic E-state index is 13.4. The van der Waals surface area contributed by atoms with E-state index in [1.165, 1.54) is 18.2 Å². The Morgan fingerprint density at radius 1 is 1.11 bits per heavy atom. The molecule has 1 fully saturated rings. The molecule has 1 unspecified atom stereocenters. The van der Waals surface area contributed by atoms with Crippen LogP contribution in [-0.4, -0.2) is 41.1 Å². The Bertz CT molecular complexity index is 1610. The van der Waals surface area contributed by atoms with Crippen LogP contribution < -0.4 is 10.1 Å². The third kappa shape index (κ3) is 6.04. The standard InChI is InChI=1S/C38H45ClN2O5/c1-23(22-46-33-12-17-40-35-32(43)11-8-24(2)34(33)35)18-28-19-27-10-9-26(25(3)42)20-31(27)37(28)13-15-38(16-14-37,36(44)45-4)41-30-7-5-6-29(39)21-30/h5-7,9-10,12,17,20-21,23-24,28,32,41,43H,8,11,13-16,18-19,22H2,1-4H3/t23-,24-,28?,32-,37?,38?/m1/s1. The summed E-state index contributed by atoms with van der Waals surface area (Å²) in [4.78, 5) is 30.4. The smallest absolute Gasteiger partial charge is 0.331 e. The van der Waals surface area contributed by atoms with Crippen LogP contribution in [0.25, 0.3) is 0 Å². The van der Waals surface area contributed by atoms with E-state index >= 15 is 0 Å². The highest BCUT2D eigenvalue weighted by molar-refractivity contribution is 6.30. The fraction of sp³-hybridized carbons (Fsp3) is 0.500. The third-order valence-electron chi connectivity index (χ3n) is 11.0. The van der Waals surface area contributed by atoms with Gasteiger partial charge in [0.15, 0.2) is 5.78 Å². The van der Waals surface area contributed by atoms with Crippen molar-refractivity contribution in [3.63, 3.8) is 0 Å². The number of esters is 1. The van der Waals surface area contributed by atoms with Gasteiger partial charge in [-0.15, -0.1) is 0 Å². The van der Waals surface area contributed by atoms with Crippen LogP contribution in [0.2, 0.25) is 5.02 Å². The molecule has 244 valence electrons. The molecule has 1 spiro atoms. The highest BCUT2D eigenvalue weighted by atomic mass is 35.5. The molecule has 7 nitrogen and oxygen atoms in total. The minimum absolute atomic E-state index is 0.0607. The van der Waals surface area contributed by atoms with E-state index in [1.807, 2.05) is 36.4 Å². The minimum atomic E-state index is -0.868. The van der Waals surface area contributed by atoms with Crippen LogP contribution in [0.3, 0.4) is 0 Å². The topological polar surface area (TPSA) is 97.8 Å². The first-order chi connectivity index (χ1) is 22.0. The van der Waals surface area contributed by atoms with Crippen molar-refractivity contribution in [2.75, 3.05) is 19.0 Å². The third-order valence-corrected chi connectivity index (χ3v) is 11.2. The summed E-state index contributed by atoms with van der Waals surface area (Å²) in [6, 6.07) is 15.6. The predicted molar refractivity (Wildman–Crippen MR) is 180 cm³/mol. The van der Waals surface area contributed by atoms with Gasteiger partial charge < -0.3 is 19.9 Å². The molecule has 8 heteroatoms. The maximum atomic E-state index is 13.4. The molecule has 1 saturated carbocycles. The Morgan fingerprint density at radius 2 is 1.89 bits per heavy atom. The van der Waals surface area contributed by atoms with E-state index in [2.05, 4.69) is 36.3 Å². The molecule has 1 heterocycles. The van der Waals surface area contributed by atoms with Crippen molar-refractivity contribution in [2.24, 2.45) is 11.8 Å². The average molecular weight is 645 g/mol. The molecule has 46 heavy (non-hydrogen) atoms. The van der Waals surface area contributed by atoms with Crippen molar-refractivity contribution in [1.82, 2.24) is 4.98 Å². The van der Waals surface area contributed by atoms with E-state index in [4.69, 9.17) is 21.1 Å². The van der Waals surface area contributed by atoms with Gasteiger partial charge >= 0.3 is 5.97 Å². The fourth-order valence-corrected chi connectivity index (χ4v) is 8.67. The Kier molecular flexibility index (Phi) is 9.19. The first-order valence-corrected chi connectivity index (χ1v) is 17.0. The molecule has 3 aliphatic carbocycles. The Hall–Kier alpha value is -3.42. The molecule has 6 rings (SSSR count). The van der Waals surface area contributed by atoms with E-state index in [0.717, 1.165) is 66.8 Å². The van der Waals surface area contributed by atoms with Crippen molar-refractivity contribution in [2.45, 2.75) is 95.1 Å². The molecule has 0 saturated heterocycles. The van der Waals surface area contributed by atoms with Crippen LogP contribution in [0.4, 0.5) is 5.69 Å². The lowest BCUT2D eigenvalue weighted by Gasteiger charge is -2.48. The number of ether oxygens (including phenoxy) is 2. The Morgan fingerprint density at radius 3 is 2.61 bits per heavy atom. The number of carbonyl (C=O) groups is 2. The number of nitrogens with zero attached hydrogens (tertiary/aromatic N) is 1. The number of rotatable bonds is 9. The first-order valence-electron chi connectivity index (χ1n) is 16.6. The Labute approximate surface area is 277 Å². The summed E-state index contributed by atoms with van der Waals surface area (Å²) >= 11 is 6.29. The zero-order valence-corrected chi connectivity index (χ0v) is 28.0. The molecular weight excluding hydrogens is 600 g/mol. The van der Waals surface area contributed by atoms with Gasteiger partial charge in [-0.1, -0.05) is 43.6 Å². The number of hydrogen-bond donors (Lipinski definition) is 2. The van der Waals surface area contributed by atoms with Crippen molar-refractivity contribution < 1.29 is 24.2 Å². The number of methoxy groups -OCH3 is 1. The van der Waals surface area contributed by atoms with Gasteiger partial charge in [-0.05, 0) is 123 Å². The van der Waals surface area contributed by atoms with Crippen LogP contribution in [-0.2, 0) is 21.4 Å². The number of pyridine rings is 1. The molecular formula is C38H45ClN2O5. The molecule has 3 aromatic rings. The number of hydrogen-bond acceptors (Lipinski definition) is 7. The van der Waals surface area contributed by atoms with Crippen molar-refractivity contribution in [3.05, 3.63) is 87.7 Å². The summed E-state index contributed by atoms with van der Waals surface area (Å²) in [6.45, 7) is 6.60. The predicted octanol–water partition coefficient (Wildman–Crippen LogP) is 7.98. The molecule has 4 atom stereocenters. The molecule has 0 bridgehead atoms. The SMILES string of the molecule is COC(=O)C1(Nc2cccc(Cl)c2)CCC2(CC1)c1cc(C(C)=O)ccc1CC2C[C@@H](C)COc1ccnc2c1[C@H](C)CC[C@H]2O. The minimum Gasteiger partial charge on any atom is -0.493 e. The highest BCUT2D eigenvalue weighted by Gasteiger charge is 2.54. The van der Waals surface area contributed by atoms with E-state index in [1.54, 1.807) is 13.1 Å². The molecule has 0 amide bonds. The summed E-state index contributed by atoms with van der Waals surface area (Å²) in [5, 5.41) is 14.7. The summed E-state index contributed by atoms with van der Waals surface area (Å²) in [7, 11) is 1.45. The largest absolute Gasteiger partial charge is 0.493 e. The van der Waals surface area contributed by atoms with Gasteiger partial charge in [0, 0.05) is 28.0 Å². The number of anilines is 1. The zero-order chi connectivity index (χ0) is 32.6. The van der Waals surface area contributed by atoms with Gasteiger partial charge in [-0.3, -0.25) is 9.78 Å². The van der Waals surface area contributed by atoms with Crippen LogP contribution in [0, 0.1) is 11.8 Å². The van der Waals surface area contributed by atoms with E-state index in [0.29, 0.717) is 36.3 Å². The van der Waals surface area contributed by atoms with E-state index in [-0.39, 0.29) is 23.1 Å². The normalized spacial score (nSPS) is 27.4. The summed E-state index contributed by atoms with van der Waals surface area (Å²) in [5.74, 6) is 1.50. The van der Waals surface area contributed by atoms with Crippen molar-refractivity contribution in [1.29, 1.82) is 0 Å². The molecule has 2 N–H and O–H groups in total. The van der Waals surface area contributed by atoms with Crippen LogP contribution in [0.15, 0.2) is 54.7 Å². The second kappa shape index (κ2) is 13.0. The maximum Gasteiger partial charge on any atom is 0.331 e. The molecule has 2 aromatic carbocycles. The quantitative estimate of drug-likeness (QED) is 0.180. The number of benzene rings is 2. The molecule has 0 aliphatic heterocycles. The monoisotopic (exact) mass is 644 g/mol. The van der Waals surface area contributed by atoms with Gasteiger partial charge in [0.2, 0.25) is 0 Å². The second-order valence-corrected chi connectivity index (χ2v) is 14.4. The summed E-state index contributed by atoms with van der Waals surface area (Å²) in [6.07, 6.45) is 7.48. The van der Waals surface area contributed by atoms with Gasteiger partial charge in [-0.2, -0.15) is 0 Å². The van der Waals surface area contributed by atoms with Crippen LogP contribution in [0.1, 0.15) is 110 Å². The number of aliphatic hydroxyl groups is 1. The molecule has 0 radical (unpaired) electrons. The molecule has 3 aliphatic rings. The Balaban J connectivity index is 1.25. The van der Waals surface area contributed by atoms with Crippen LogP contribution in [0.5, 0.6) is 5.75 Å². The number of halogens is 1. The number of aromatic nitrogens is 1. The lowest BCUT2D eigenvalue weighted by molar-refractivity contribution is -0.148. The number of nitrogens with one attached hydrogen (secondary N) is 1. The fourth-order valence-electron chi connectivity index (χ4n) is 8.48. The van der Waals surface area contributed by atoms with Crippen molar-refractivity contribution >= 4 is 29.0 Å². The number of aliphatic hydroxyl groups excluding tert-OH is 1. The summed E-state index contributed by atoms with van der Waals surface area (Å²) < 4.78 is 11.8. The zero-order valence-electron chi connectivity index (χ0n) is 27.3. The van der Waals surface area contributed by atoms with Gasteiger partial charge in [0.1, 0.15) is 11.3 Å². The van der Waals surface area contributed by atoms with Crippen molar-refractivity contribution in [3.8, 4) is 5.75 Å². The lowest BCUT2D eigenvalue weighted by Crippen LogP contribution is -2.53. The van der Waals surface area contributed by atoms with Gasteiger partial charge in [0.05, 0.1) is 25.5 Å². The number of ketones is 1. The van der Waals surface area contributed by atoms with E-state index in [9.17, 15) is 14.7 Å². The van der Waals surface area contributed by atoms with Crippen LogP contribution >= 0.6 is 11.6 Å². The average Bonchev–Trinajstić information content (AvgIpc) is 3.33. The van der Waals surface area contributed by atoms with E-state index < -0.39 is 11.6 Å². The van der Waals surface area contributed by atoms with Gasteiger partial charge in [0.25, 0.3) is 0 Å².